The van der Waals surface area contributed by atoms with Crippen LogP contribution in [0.25, 0.3) is 0 Å². The maximum atomic E-state index is 9.74. The Morgan fingerprint density at radius 3 is 1.33 bits per heavy atom. The van der Waals surface area contributed by atoms with Gasteiger partial charge in [0, 0.05) is 5.90 Å². The molecule has 0 saturated heterocycles. The number of rotatable bonds is 3. The van der Waals surface area contributed by atoms with Crippen LogP contribution >= 0.6 is 34.8 Å². The van der Waals surface area contributed by atoms with Crippen molar-refractivity contribution in [2.24, 2.45) is 0 Å². The Morgan fingerprint density at radius 2 is 1.10 bits per heavy atom. The molecule has 1 N–H and O–H groups in total. The van der Waals surface area contributed by atoms with Gasteiger partial charge in [0.05, 0.1) is 0 Å². The van der Waals surface area contributed by atoms with E-state index in [1.807, 2.05) is 0 Å². The third-order valence-corrected chi connectivity index (χ3v) is 3.16. The Morgan fingerprint density at radius 1 is 0.810 bits per heavy atom. The molecule has 0 radical (unpaired) electrons. The fraction of sp³-hybridized carbons (Fsp3) is 0.188. The van der Waals surface area contributed by atoms with E-state index in [0.717, 1.165) is 12.8 Å². The fourth-order valence-electron chi connectivity index (χ4n) is 1.58. The van der Waals surface area contributed by atoms with E-state index in [1.54, 1.807) is 0 Å². The SMILES string of the molecule is N=C([O-])C(Cl)(Cl)Cl.c1ccc(CCc2ccccc2)cc1. The zero-order valence-electron chi connectivity index (χ0n) is 11.2. The molecular weight excluding hydrogens is 329 g/mol. The van der Waals surface area contributed by atoms with Crippen LogP contribution in [0.3, 0.4) is 0 Å². The minimum Gasteiger partial charge on any atom is -0.859 e. The molecule has 2 nitrogen and oxygen atoms in total. The summed E-state index contributed by atoms with van der Waals surface area (Å²) in [6.45, 7) is 0. The minimum atomic E-state index is -2.06. The molecule has 0 spiro atoms. The van der Waals surface area contributed by atoms with Crippen LogP contribution in [0.2, 0.25) is 0 Å². The van der Waals surface area contributed by atoms with Gasteiger partial charge in [-0.2, -0.15) is 0 Å². The van der Waals surface area contributed by atoms with Crippen molar-refractivity contribution in [1.29, 1.82) is 5.41 Å². The molecule has 0 bridgehead atoms. The van der Waals surface area contributed by atoms with Crippen LogP contribution in [0.15, 0.2) is 60.7 Å². The van der Waals surface area contributed by atoms with Crippen LogP contribution < -0.4 is 5.11 Å². The third-order valence-electron chi connectivity index (χ3n) is 2.65. The molecule has 0 unspecified atom stereocenters. The first-order valence-electron chi connectivity index (χ1n) is 6.30. The van der Waals surface area contributed by atoms with Gasteiger partial charge in [0.25, 0.3) is 0 Å². The van der Waals surface area contributed by atoms with Gasteiger partial charge in [-0.3, -0.25) is 0 Å². The molecule has 0 amide bonds. The molecule has 0 aliphatic heterocycles. The van der Waals surface area contributed by atoms with Crippen molar-refractivity contribution in [3.05, 3.63) is 71.8 Å². The summed E-state index contributed by atoms with van der Waals surface area (Å²) in [5.74, 6) is -1.21. The molecule has 112 valence electrons. The Labute approximate surface area is 139 Å². The summed E-state index contributed by atoms with van der Waals surface area (Å²) in [5, 5.41) is 15.9. The number of halogens is 3. The molecule has 0 atom stereocenters. The first kappa shape index (κ1) is 17.8. The Bertz CT molecular complexity index is 499. The summed E-state index contributed by atoms with van der Waals surface area (Å²) in [7, 11) is 0. The molecule has 0 heterocycles. The second-order valence-electron chi connectivity index (χ2n) is 4.30. The van der Waals surface area contributed by atoms with Gasteiger partial charge in [-0.1, -0.05) is 95.5 Å². The maximum absolute atomic E-state index is 9.74. The van der Waals surface area contributed by atoms with Crippen molar-refractivity contribution in [2.45, 2.75) is 16.6 Å². The summed E-state index contributed by atoms with van der Waals surface area (Å²) in [6.07, 6.45) is 2.26. The standard InChI is InChI=1S/C14H14.C2H2Cl3NO/c1-3-7-13(8-4-1)11-12-14-9-5-2-6-10-14;3-2(4,5)1(6)7/h1-10H,11-12H2;(H2,6,7)/p-1. The summed E-state index contributed by atoms with van der Waals surface area (Å²) in [6, 6.07) is 21.2. The van der Waals surface area contributed by atoms with Gasteiger partial charge in [-0.05, 0) is 24.0 Å². The first-order valence-corrected chi connectivity index (χ1v) is 7.43. The number of nitrogens with one attached hydrogen (secondary N) is 1. The molecule has 5 heteroatoms. The molecule has 0 aromatic heterocycles. The Balaban J connectivity index is 0.000000270. The highest BCUT2D eigenvalue weighted by molar-refractivity contribution is 6.75. The summed E-state index contributed by atoms with van der Waals surface area (Å²) in [4.78, 5) is 0. The van der Waals surface area contributed by atoms with Gasteiger partial charge in [-0.25, -0.2) is 0 Å². The van der Waals surface area contributed by atoms with E-state index in [-0.39, 0.29) is 0 Å². The highest BCUT2D eigenvalue weighted by Gasteiger charge is 2.17. The van der Waals surface area contributed by atoms with Crippen LogP contribution in [-0.2, 0) is 12.8 Å². The lowest BCUT2D eigenvalue weighted by Gasteiger charge is -2.14. The highest BCUT2D eigenvalue weighted by Crippen LogP contribution is 2.24. The van der Waals surface area contributed by atoms with Crippen LogP contribution in [-0.4, -0.2) is 9.69 Å². The fourth-order valence-corrected chi connectivity index (χ4v) is 1.58. The molecule has 2 rings (SSSR count). The lowest BCUT2D eigenvalue weighted by molar-refractivity contribution is -0.219. The largest absolute Gasteiger partial charge is 0.859 e. The predicted molar refractivity (Wildman–Crippen MR) is 88.3 cm³/mol. The number of aryl methyl sites for hydroxylation is 2. The van der Waals surface area contributed by atoms with Crippen molar-refractivity contribution in [1.82, 2.24) is 0 Å². The smallest absolute Gasteiger partial charge is 0.218 e. The van der Waals surface area contributed by atoms with Crippen LogP contribution in [0, 0.1) is 5.41 Å². The van der Waals surface area contributed by atoms with E-state index >= 15 is 0 Å². The molecule has 21 heavy (non-hydrogen) atoms. The molecule has 2 aromatic carbocycles. The van der Waals surface area contributed by atoms with Crippen LogP contribution in [0.5, 0.6) is 0 Å². The summed E-state index contributed by atoms with van der Waals surface area (Å²) < 4.78 is -2.06. The Kier molecular flexibility index (Phi) is 7.58. The van der Waals surface area contributed by atoms with E-state index < -0.39 is 9.69 Å². The van der Waals surface area contributed by atoms with Crippen molar-refractivity contribution in [3.63, 3.8) is 0 Å². The van der Waals surface area contributed by atoms with Crippen molar-refractivity contribution >= 4 is 40.7 Å². The van der Waals surface area contributed by atoms with E-state index in [9.17, 15) is 5.11 Å². The van der Waals surface area contributed by atoms with Gasteiger partial charge in [0.2, 0.25) is 3.79 Å². The number of hydrogen-bond acceptors (Lipinski definition) is 2. The Hall–Kier alpha value is -1.22. The maximum Gasteiger partial charge on any atom is 0.218 e. The average molecular weight is 344 g/mol. The average Bonchev–Trinajstić information content (AvgIpc) is 2.47. The van der Waals surface area contributed by atoms with Gasteiger partial charge >= 0.3 is 0 Å². The van der Waals surface area contributed by atoms with Crippen LogP contribution in [0.4, 0.5) is 0 Å². The lowest BCUT2D eigenvalue weighted by atomic mass is 10.0. The normalized spacial score (nSPS) is 10.4. The van der Waals surface area contributed by atoms with E-state index in [4.69, 9.17) is 40.2 Å². The zero-order valence-corrected chi connectivity index (χ0v) is 13.5. The third kappa shape index (κ3) is 7.96. The van der Waals surface area contributed by atoms with Gasteiger partial charge in [0.15, 0.2) is 0 Å². The quantitative estimate of drug-likeness (QED) is 0.507. The molecule has 2 aromatic rings. The number of benzene rings is 2. The lowest BCUT2D eigenvalue weighted by Crippen LogP contribution is -2.30. The first-order chi connectivity index (χ1) is 9.89. The van der Waals surface area contributed by atoms with Crippen molar-refractivity contribution < 1.29 is 5.11 Å². The highest BCUT2D eigenvalue weighted by atomic mass is 35.6. The van der Waals surface area contributed by atoms with Crippen molar-refractivity contribution in [2.75, 3.05) is 0 Å². The molecule has 0 aliphatic carbocycles. The topological polar surface area (TPSA) is 46.9 Å². The molecule has 0 fully saturated rings. The van der Waals surface area contributed by atoms with Gasteiger partial charge in [-0.15, -0.1) is 0 Å². The number of hydrogen-bond donors (Lipinski definition) is 1. The minimum absolute atomic E-state index is 1.13. The monoisotopic (exact) mass is 342 g/mol. The summed E-state index contributed by atoms with van der Waals surface area (Å²) in [5.41, 5.74) is 2.83. The van der Waals surface area contributed by atoms with Gasteiger partial charge < -0.3 is 10.5 Å². The molecule has 0 saturated carbocycles. The second kappa shape index (κ2) is 8.93. The molecule has 0 aliphatic rings. The van der Waals surface area contributed by atoms with Crippen LogP contribution in [0.1, 0.15) is 11.1 Å². The van der Waals surface area contributed by atoms with E-state index in [0.29, 0.717) is 0 Å². The van der Waals surface area contributed by atoms with Gasteiger partial charge in [0.1, 0.15) is 0 Å². The second-order valence-corrected chi connectivity index (χ2v) is 6.58. The van der Waals surface area contributed by atoms with Crippen molar-refractivity contribution in [3.8, 4) is 0 Å². The molecular formula is C16H15Cl3NO-. The van der Waals surface area contributed by atoms with E-state index in [2.05, 4.69) is 60.7 Å². The zero-order chi connectivity index (χ0) is 15.7. The number of alkyl halides is 3. The van der Waals surface area contributed by atoms with E-state index in [1.165, 1.54) is 11.1 Å². The summed E-state index contributed by atoms with van der Waals surface area (Å²) >= 11 is 14.6. The predicted octanol–water partition coefficient (Wildman–Crippen LogP) is 4.17.